The number of halogens is 1. The molecule has 2 aromatic carbocycles. The van der Waals surface area contributed by atoms with Crippen LogP contribution in [0.1, 0.15) is 36.4 Å². The van der Waals surface area contributed by atoms with Gasteiger partial charge < -0.3 is 4.90 Å². The van der Waals surface area contributed by atoms with Crippen molar-refractivity contribution in [1.29, 1.82) is 0 Å². The van der Waals surface area contributed by atoms with Crippen molar-refractivity contribution >= 4 is 5.91 Å². The van der Waals surface area contributed by atoms with Gasteiger partial charge in [-0.2, -0.15) is 0 Å². The number of nitrogens with zero attached hydrogens (tertiary/aromatic N) is 2. The monoisotopic (exact) mass is 340 g/mol. The molecule has 2 unspecified atom stereocenters. The van der Waals surface area contributed by atoms with E-state index >= 15 is 0 Å². The third-order valence-electron chi connectivity index (χ3n) is 5.12. The highest BCUT2D eigenvalue weighted by molar-refractivity contribution is 5.84. The average Bonchev–Trinajstić information content (AvgIpc) is 2.65. The maximum atomic E-state index is 13.2. The Morgan fingerprint density at radius 2 is 1.80 bits per heavy atom. The van der Waals surface area contributed by atoms with Crippen molar-refractivity contribution in [1.82, 2.24) is 9.80 Å². The van der Waals surface area contributed by atoms with Crippen molar-refractivity contribution in [2.24, 2.45) is 0 Å². The maximum Gasteiger partial charge on any atom is 0.230 e. The smallest absolute Gasteiger partial charge is 0.230 e. The molecule has 0 N–H and O–H groups in total. The van der Waals surface area contributed by atoms with Gasteiger partial charge in [-0.25, -0.2) is 4.39 Å². The van der Waals surface area contributed by atoms with Gasteiger partial charge in [0.15, 0.2) is 0 Å². The molecule has 1 fully saturated rings. The molecule has 0 radical (unpaired) electrons. The Labute approximate surface area is 149 Å². The molecule has 25 heavy (non-hydrogen) atoms. The van der Waals surface area contributed by atoms with Crippen molar-refractivity contribution in [3.05, 3.63) is 71.5 Å². The molecular weight excluding hydrogens is 315 g/mol. The predicted molar refractivity (Wildman–Crippen MR) is 97.8 cm³/mol. The Balaban J connectivity index is 1.78. The van der Waals surface area contributed by atoms with E-state index in [2.05, 4.69) is 24.1 Å². The number of amides is 1. The first kappa shape index (κ1) is 17.6. The van der Waals surface area contributed by atoms with Crippen LogP contribution in [-0.2, 0) is 4.79 Å². The van der Waals surface area contributed by atoms with Gasteiger partial charge in [0.1, 0.15) is 5.82 Å². The lowest BCUT2D eigenvalue weighted by Gasteiger charge is -2.41. The van der Waals surface area contributed by atoms with E-state index in [0.29, 0.717) is 13.0 Å². The van der Waals surface area contributed by atoms with Gasteiger partial charge in [0, 0.05) is 19.6 Å². The van der Waals surface area contributed by atoms with Gasteiger partial charge in [0.05, 0.1) is 12.0 Å². The largest absolute Gasteiger partial charge is 0.339 e. The molecule has 0 aliphatic carbocycles. The highest BCUT2D eigenvalue weighted by Crippen LogP contribution is 2.28. The van der Waals surface area contributed by atoms with Crippen molar-refractivity contribution in [3.63, 3.8) is 0 Å². The van der Waals surface area contributed by atoms with Crippen LogP contribution in [-0.4, -0.2) is 42.4 Å². The fourth-order valence-electron chi connectivity index (χ4n) is 3.58. The van der Waals surface area contributed by atoms with Crippen LogP contribution in [0, 0.1) is 5.82 Å². The van der Waals surface area contributed by atoms with Gasteiger partial charge in [0.2, 0.25) is 5.91 Å². The minimum absolute atomic E-state index is 0.142. The summed E-state index contributed by atoms with van der Waals surface area (Å²) in [5.41, 5.74) is 2.13. The normalized spacial score (nSPS) is 19.6. The molecule has 2 aromatic rings. The summed E-state index contributed by atoms with van der Waals surface area (Å²) < 4.78 is 13.2. The molecule has 3 rings (SSSR count). The number of carbonyl (C=O) groups excluding carboxylic acids is 1. The van der Waals surface area contributed by atoms with Crippen LogP contribution in [0.3, 0.4) is 0 Å². The van der Waals surface area contributed by atoms with Gasteiger partial charge in [-0.3, -0.25) is 9.69 Å². The zero-order valence-corrected chi connectivity index (χ0v) is 14.9. The zero-order valence-electron chi connectivity index (χ0n) is 14.9. The van der Waals surface area contributed by atoms with Crippen LogP contribution in [0.5, 0.6) is 0 Å². The lowest BCUT2D eigenvalue weighted by molar-refractivity contribution is -0.135. The molecule has 4 heteroatoms. The fourth-order valence-corrected chi connectivity index (χ4v) is 3.58. The number of benzene rings is 2. The molecule has 0 spiro atoms. The quantitative estimate of drug-likeness (QED) is 0.844. The molecule has 1 aliphatic heterocycles. The molecule has 0 saturated carbocycles. The van der Waals surface area contributed by atoms with E-state index in [4.69, 9.17) is 0 Å². The predicted octanol–water partition coefficient (Wildman–Crippen LogP) is 3.83. The Morgan fingerprint density at radius 1 is 1.12 bits per heavy atom. The summed E-state index contributed by atoms with van der Waals surface area (Å²) in [6, 6.07) is 16.9. The lowest BCUT2D eigenvalue weighted by Crippen LogP contribution is -2.50. The molecular formula is C21H25FN2O. The molecule has 0 bridgehead atoms. The first-order valence-electron chi connectivity index (χ1n) is 8.89. The van der Waals surface area contributed by atoms with Gasteiger partial charge in [-0.15, -0.1) is 0 Å². The lowest BCUT2D eigenvalue weighted by atomic mass is 9.93. The molecule has 1 saturated heterocycles. The topological polar surface area (TPSA) is 23.6 Å². The summed E-state index contributed by atoms with van der Waals surface area (Å²) in [6.07, 6.45) is 0.715. The zero-order chi connectivity index (χ0) is 17.8. The van der Waals surface area contributed by atoms with Crippen molar-refractivity contribution in [3.8, 4) is 0 Å². The van der Waals surface area contributed by atoms with Crippen LogP contribution in [0.2, 0.25) is 0 Å². The van der Waals surface area contributed by atoms with Crippen LogP contribution in [0.25, 0.3) is 0 Å². The highest BCUT2D eigenvalue weighted by Gasteiger charge is 2.31. The Morgan fingerprint density at radius 3 is 2.44 bits per heavy atom. The second-order valence-electron chi connectivity index (χ2n) is 6.70. The van der Waals surface area contributed by atoms with Crippen LogP contribution >= 0.6 is 0 Å². The van der Waals surface area contributed by atoms with Crippen molar-refractivity contribution in [2.75, 3.05) is 26.7 Å². The average molecular weight is 340 g/mol. The maximum absolute atomic E-state index is 13.2. The van der Waals surface area contributed by atoms with E-state index in [9.17, 15) is 9.18 Å². The van der Waals surface area contributed by atoms with Crippen LogP contribution in [0.15, 0.2) is 54.6 Å². The number of likely N-dealkylation sites (N-methyl/N-ethyl adjacent to an activating group) is 1. The van der Waals surface area contributed by atoms with Gasteiger partial charge >= 0.3 is 0 Å². The second kappa shape index (κ2) is 7.79. The third-order valence-corrected chi connectivity index (χ3v) is 5.12. The summed E-state index contributed by atoms with van der Waals surface area (Å²) in [5.74, 6) is -0.335. The number of rotatable bonds is 4. The van der Waals surface area contributed by atoms with E-state index < -0.39 is 0 Å². The molecule has 132 valence electrons. The Kier molecular flexibility index (Phi) is 5.49. The molecule has 1 amide bonds. The summed E-state index contributed by atoms with van der Waals surface area (Å²) >= 11 is 0. The van der Waals surface area contributed by atoms with Gasteiger partial charge in [-0.05, 0) is 36.7 Å². The number of hydrogen-bond acceptors (Lipinski definition) is 2. The molecule has 1 aliphatic rings. The van der Waals surface area contributed by atoms with Crippen molar-refractivity contribution < 1.29 is 9.18 Å². The fraction of sp³-hybridized carbons (Fsp3) is 0.381. The van der Waals surface area contributed by atoms with Gasteiger partial charge in [-0.1, -0.05) is 49.4 Å². The standard InChI is InChI=1S/C21H25FN2O/c1-3-19(16-9-11-18(22)12-10-16)21(25)24-14-13-23(2)20(15-24)17-7-5-4-6-8-17/h4-12,19-20H,3,13-15H2,1-2H3. The minimum atomic E-state index is -0.269. The first-order chi connectivity index (χ1) is 12.1. The summed E-state index contributed by atoms with van der Waals surface area (Å²) in [5, 5.41) is 0. The molecule has 1 heterocycles. The van der Waals surface area contributed by atoms with Crippen LogP contribution < -0.4 is 0 Å². The number of piperazine rings is 1. The molecule has 2 atom stereocenters. The van der Waals surface area contributed by atoms with Gasteiger partial charge in [0.25, 0.3) is 0 Å². The minimum Gasteiger partial charge on any atom is -0.339 e. The second-order valence-corrected chi connectivity index (χ2v) is 6.70. The number of carbonyl (C=O) groups is 1. The Bertz CT molecular complexity index is 702. The van der Waals surface area contributed by atoms with E-state index in [0.717, 1.165) is 18.7 Å². The third kappa shape index (κ3) is 3.90. The molecule has 3 nitrogen and oxygen atoms in total. The Hall–Kier alpha value is -2.20. The first-order valence-corrected chi connectivity index (χ1v) is 8.89. The SMILES string of the molecule is CCC(C(=O)N1CCN(C)C(c2ccccc2)C1)c1ccc(F)cc1. The van der Waals surface area contributed by atoms with E-state index in [1.165, 1.54) is 17.7 Å². The van der Waals surface area contributed by atoms with E-state index in [1.807, 2.05) is 30.0 Å². The molecule has 0 aromatic heterocycles. The summed E-state index contributed by atoms with van der Waals surface area (Å²) in [7, 11) is 2.11. The van der Waals surface area contributed by atoms with Crippen LogP contribution in [0.4, 0.5) is 4.39 Å². The van der Waals surface area contributed by atoms with Crippen molar-refractivity contribution in [2.45, 2.75) is 25.3 Å². The van der Waals surface area contributed by atoms with E-state index in [-0.39, 0.29) is 23.7 Å². The highest BCUT2D eigenvalue weighted by atomic mass is 19.1. The number of hydrogen-bond donors (Lipinski definition) is 0. The van der Waals surface area contributed by atoms with E-state index in [1.54, 1.807) is 12.1 Å². The summed E-state index contributed by atoms with van der Waals surface area (Å²) in [6.45, 7) is 4.29. The summed E-state index contributed by atoms with van der Waals surface area (Å²) in [4.78, 5) is 17.4.